The van der Waals surface area contributed by atoms with Gasteiger partial charge in [-0.1, -0.05) is 30.3 Å². The number of hydrogen-bond acceptors (Lipinski definition) is 3. The summed E-state index contributed by atoms with van der Waals surface area (Å²) in [4.78, 5) is 13.0. The highest BCUT2D eigenvalue weighted by molar-refractivity contribution is 8.00. The van der Waals surface area contributed by atoms with Crippen molar-refractivity contribution in [1.82, 2.24) is 0 Å². The van der Waals surface area contributed by atoms with Gasteiger partial charge in [0.2, 0.25) is 5.91 Å². The summed E-state index contributed by atoms with van der Waals surface area (Å²) < 4.78 is 5.08. The molecule has 0 aliphatic carbocycles. The van der Waals surface area contributed by atoms with E-state index in [0.29, 0.717) is 12.4 Å². The predicted molar refractivity (Wildman–Crippen MR) is 83.0 cm³/mol. The molecule has 2 aromatic rings. The van der Waals surface area contributed by atoms with Gasteiger partial charge in [0.25, 0.3) is 0 Å². The van der Waals surface area contributed by atoms with Gasteiger partial charge in [0, 0.05) is 17.7 Å². The molecule has 2 rings (SSSR count). The number of anilines is 1. The number of benzene rings is 2. The van der Waals surface area contributed by atoms with Gasteiger partial charge in [-0.2, -0.15) is 0 Å². The van der Waals surface area contributed by atoms with Gasteiger partial charge < -0.3 is 10.1 Å². The molecule has 1 amide bonds. The molecular formula is C16H17NO2S. The fourth-order valence-corrected chi connectivity index (χ4v) is 2.49. The molecule has 0 aromatic heterocycles. The first-order valence-electron chi connectivity index (χ1n) is 6.33. The smallest absolute Gasteiger partial charge is 0.234 e. The molecule has 104 valence electrons. The third-order valence-corrected chi connectivity index (χ3v) is 3.65. The summed E-state index contributed by atoms with van der Waals surface area (Å²) in [6.07, 6.45) is 0. The molecule has 0 radical (unpaired) electrons. The van der Waals surface area contributed by atoms with E-state index in [1.807, 2.05) is 54.6 Å². The summed E-state index contributed by atoms with van der Waals surface area (Å²) in [7, 11) is 1.65. The second kappa shape index (κ2) is 7.72. The van der Waals surface area contributed by atoms with Crippen LogP contribution in [0.2, 0.25) is 0 Å². The van der Waals surface area contributed by atoms with Gasteiger partial charge in [0.15, 0.2) is 0 Å². The van der Waals surface area contributed by atoms with Gasteiger partial charge in [0.05, 0.1) is 12.4 Å². The van der Waals surface area contributed by atoms with Gasteiger partial charge in [-0.05, 0) is 29.8 Å². The Morgan fingerprint density at radius 3 is 2.70 bits per heavy atom. The van der Waals surface area contributed by atoms with E-state index in [4.69, 9.17) is 4.74 Å². The van der Waals surface area contributed by atoms with Gasteiger partial charge in [-0.3, -0.25) is 4.79 Å². The van der Waals surface area contributed by atoms with Crippen molar-refractivity contribution in [1.29, 1.82) is 0 Å². The number of methoxy groups -OCH3 is 1. The molecule has 0 heterocycles. The Morgan fingerprint density at radius 2 is 1.95 bits per heavy atom. The van der Waals surface area contributed by atoms with E-state index in [1.54, 1.807) is 7.11 Å². The average molecular weight is 287 g/mol. The maximum absolute atomic E-state index is 11.9. The maximum atomic E-state index is 11.9. The van der Waals surface area contributed by atoms with E-state index in [9.17, 15) is 4.79 Å². The highest BCUT2D eigenvalue weighted by Gasteiger charge is 2.04. The summed E-state index contributed by atoms with van der Waals surface area (Å²) >= 11 is 1.53. The number of thioether (sulfide) groups is 1. The minimum absolute atomic E-state index is 0.00609. The normalized spacial score (nSPS) is 10.2. The first-order chi connectivity index (χ1) is 9.78. The Kier molecular flexibility index (Phi) is 5.65. The van der Waals surface area contributed by atoms with Crippen LogP contribution in [-0.2, 0) is 16.1 Å². The Hall–Kier alpha value is -1.78. The highest BCUT2D eigenvalue weighted by atomic mass is 32.2. The number of ether oxygens (including phenoxy) is 1. The molecule has 0 aliphatic heterocycles. The van der Waals surface area contributed by atoms with Crippen LogP contribution in [0.1, 0.15) is 5.56 Å². The molecule has 0 aliphatic rings. The molecule has 0 fully saturated rings. The molecule has 0 unspecified atom stereocenters. The zero-order valence-corrected chi connectivity index (χ0v) is 12.2. The molecule has 0 spiro atoms. The Balaban J connectivity index is 1.86. The topological polar surface area (TPSA) is 38.3 Å². The van der Waals surface area contributed by atoms with Gasteiger partial charge >= 0.3 is 0 Å². The van der Waals surface area contributed by atoms with Crippen LogP contribution in [0.3, 0.4) is 0 Å². The minimum Gasteiger partial charge on any atom is -0.380 e. The Labute approximate surface area is 123 Å². The van der Waals surface area contributed by atoms with Crippen LogP contribution in [0.25, 0.3) is 0 Å². The number of amides is 1. The minimum atomic E-state index is -0.00609. The zero-order valence-electron chi connectivity index (χ0n) is 11.3. The zero-order chi connectivity index (χ0) is 14.2. The lowest BCUT2D eigenvalue weighted by atomic mass is 10.2. The van der Waals surface area contributed by atoms with Crippen LogP contribution < -0.4 is 5.32 Å². The first kappa shape index (κ1) is 14.6. The van der Waals surface area contributed by atoms with Crippen molar-refractivity contribution in [3.63, 3.8) is 0 Å². The number of carbonyl (C=O) groups is 1. The van der Waals surface area contributed by atoms with Crippen LogP contribution in [0.4, 0.5) is 5.69 Å². The second-order valence-electron chi connectivity index (χ2n) is 4.28. The van der Waals surface area contributed by atoms with E-state index >= 15 is 0 Å². The molecule has 0 saturated heterocycles. The standard InChI is InChI=1S/C16H17NO2S/c1-19-11-13-6-5-7-14(10-13)17-16(18)12-20-15-8-3-2-4-9-15/h2-10H,11-12H2,1H3,(H,17,18). The summed E-state index contributed by atoms with van der Waals surface area (Å²) in [5.41, 5.74) is 1.85. The van der Waals surface area contributed by atoms with E-state index < -0.39 is 0 Å². The summed E-state index contributed by atoms with van der Waals surface area (Å²) in [6, 6.07) is 17.6. The maximum Gasteiger partial charge on any atom is 0.234 e. The van der Waals surface area contributed by atoms with E-state index in [2.05, 4.69) is 5.32 Å². The molecule has 3 nitrogen and oxygen atoms in total. The lowest BCUT2D eigenvalue weighted by Gasteiger charge is -2.07. The summed E-state index contributed by atoms with van der Waals surface area (Å²) in [6.45, 7) is 0.544. The highest BCUT2D eigenvalue weighted by Crippen LogP contribution is 2.18. The number of rotatable bonds is 6. The number of hydrogen-bond donors (Lipinski definition) is 1. The van der Waals surface area contributed by atoms with E-state index in [0.717, 1.165) is 16.1 Å². The summed E-state index contributed by atoms with van der Waals surface area (Å²) in [5.74, 6) is 0.395. The number of nitrogens with one attached hydrogen (secondary N) is 1. The molecule has 20 heavy (non-hydrogen) atoms. The SMILES string of the molecule is COCc1cccc(NC(=O)CSc2ccccc2)c1. The van der Waals surface area contributed by atoms with Crippen LogP contribution >= 0.6 is 11.8 Å². The van der Waals surface area contributed by atoms with Gasteiger partial charge in [0.1, 0.15) is 0 Å². The Morgan fingerprint density at radius 1 is 1.15 bits per heavy atom. The Bertz CT molecular complexity index is 557. The molecular weight excluding hydrogens is 270 g/mol. The van der Waals surface area contributed by atoms with Crippen LogP contribution in [0.5, 0.6) is 0 Å². The van der Waals surface area contributed by atoms with Crippen molar-refractivity contribution in [2.75, 3.05) is 18.2 Å². The summed E-state index contributed by atoms with van der Waals surface area (Å²) in [5, 5.41) is 2.90. The van der Waals surface area contributed by atoms with E-state index in [-0.39, 0.29) is 5.91 Å². The van der Waals surface area contributed by atoms with Crippen molar-refractivity contribution < 1.29 is 9.53 Å². The molecule has 0 bridgehead atoms. The second-order valence-corrected chi connectivity index (χ2v) is 5.33. The molecule has 0 saturated carbocycles. The lowest BCUT2D eigenvalue weighted by molar-refractivity contribution is -0.113. The molecule has 4 heteroatoms. The third kappa shape index (κ3) is 4.72. The molecule has 2 aromatic carbocycles. The van der Waals surface area contributed by atoms with Crippen molar-refractivity contribution >= 4 is 23.4 Å². The van der Waals surface area contributed by atoms with Crippen LogP contribution in [0.15, 0.2) is 59.5 Å². The first-order valence-corrected chi connectivity index (χ1v) is 7.32. The molecule has 1 N–H and O–H groups in total. The monoisotopic (exact) mass is 287 g/mol. The number of carbonyl (C=O) groups excluding carboxylic acids is 1. The fraction of sp³-hybridized carbons (Fsp3) is 0.188. The van der Waals surface area contributed by atoms with Crippen molar-refractivity contribution in [3.05, 3.63) is 60.2 Å². The van der Waals surface area contributed by atoms with Crippen molar-refractivity contribution in [2.45, 2.75) is 11.5 Å². The molecule has 0 atom stereocenters. The van der Waals surface area contributed by atoms with Crippen molar-refractivity contribution in [2.24, 2.45) is 0 Å². The lowest BCUT2D eigenvalue weighted by Crippen LogP contribution is -2.14. The van der Waals surface area contributed by atoms with Crippen LogP contribution in [-0.4, -0.2) is 18.8 Å². The van der Waals surface area contributed by atoms with Crippen LogP contribution in [0, 0.1) is 0 Å². The predicted octanol–water partition coefficient (Wildman–Crippen LogP) is 3.56. The average Bonchev–Trinajstić information content (AvgIpc) is 2.47. The largest absolute Gasteiger partial charge is 0.380 e. The van der Waals surface area contributed by atoms with Gasteiger partial charge in [-0.15, -0.1) is 11.8 Å². The third-order valence-electron chi connectivity index (χ3n) is 2.63. The fourth-order valence-electron chi connectivity index (χ4n) is 1.77. The van der Waals surface area contributed by atoms with Gasteiger partial charge in [-0.25, -0.2) is 0 Å². The van der Waals surface area contributed by atoms with E-state index in [1.165, 1.54) is 11.8 Å². The van der Waals surface area contributed by atoms with Crippen molar-refractivity contribution in [3.8, 4) is 0 Å². The quantitative estimate of drug-likeness (QED) is 0.826.